The molecule has 8 rings (SSSR count). The van der Waals surface area contributed by atoms with Gasteiger partial charge in [0.25, 0.3) is 11.8 Å². The van der Waals surface area contributed by atoms with Crippen LogP contribution in [0.2, 0.25) is 0 Å². The first-order chi connectivity index (χ1) is 27.7. The third kappa shape index (κ3) is 7.90. The Kier molecular flexibility index (Phi) is 11.3. The second-order valence-electron chi connectivity index (χ2n) is 14.2. The Morgan fingerprint density at radius 3 is 2.05 bits per heavy atom. The lowest BCUT2D eigenvalue weighted by Gasteiger charge is -2.52. The van der Waals surface area contributed by atoms with Crippen molar-refractivity contribution < 1.29 is 62.1 Å². The molecule has 0 bridgehead atoms. The maximum absolute atomic E-state index is 14.2. The van der Waals surface area contributed by atoms with E-state index in [-0.39, 0.29) is 24.3 Å². The Balaban J connectivity index is 1.16. The molecule has 0 aliphatic carbocycles. The maximum atomic E-state index is 14.2. The van der Waals surface area contributed by atoms with Crippen LogP contribution in [0.25, 0.3) is 0 Å². The predicted molar refractivity (Wildman–Crippen MR) is 199 cm³/mol. The van der Waals surface area contributed by atoms with E-state index in [2.05, 4.69) is 0 Å². The number of imide groups is 1. The van der Waals surface area contributed by atoms with E-state index in [4.69, 9.17) is 42.6 Å². The van der Waals surface area contributed by atoms with Crippen LogP contribution in [0.5, 0.6) is 11.5 Å². The number of aliphatic hydroxyl groups is 1. The molecule has 0 spiro atoms. The molecule has 4 heterocycles. The van der Waals surface area contributed by atoms with Gasteiger partial charge in [-0.1, -0.05) is 72.8 Å². The molecular weight excluding hydrogens is 738 g/mol. The first kappa shape index (κ1) is 38.7. The Hall–Kier alpha value is -5.19. The van der Waals surface area contributed by atoms with Crippen LogP contribution in [-0.2, 0) is 44.6 Å². The number of esters is 1. The highest BCUT2D eigenvalue weighted by Crippen LogP contribution is 2.41. The van der Waals surface area contributed by atoms with Gasteiger partial charge in [0.2, 0.25) is 6.29 Å². The van der Waals surface area contributed by atoms with Crippen molar-refractivity contribution in [3.05, 3.63) is 131 Å². The van der Waals surface area contributed by atoms with Crippen LogP contribution in [0, 0.1) is 0 Å². The number of hydrogen-bond donors (Lipinski definition) is 1. The van der Waals surface area contributed by atoms with E-state index in [1.54, 1.807) is 62.6 Å². The highest BCUT2D eigenvalue weighted by atomic mass is 16.8. The molecule has 57 heavy (non-hydrogen) atoms. The molecule has 11 atom stereocenters. The van der Waals surface area contributed by atoms with Gasteiger partial charge in [-0.05, 0) is 48.9 Å². The zero-order valence-corrected chi connectivity index (χ0v) is 31.5. The maximum Gasteiger partial charge on any atom is 0.303 e. The van der Waals surface area contributed by atoms with Crippen molar-refractivity contribution in [1.29, 1.82) is 0 Å². The number of amides is 2. The van der Waals surface area contributed by atoms with Gasteiger partial charge >= 0.3 is 5.97 Å². The zero-order valence-electron chi connectivity index (χ0n) is 31.5. The molecule has 3 fully saturated rings. The fourth-order valence-electron chi connectivity index (χ4n) is 7.71. The second-order valence-corrected chi connectivity index (χ2v) is 14.2. The van der Waals surface area contributed by atoms with Crippen LogP contribution in [0.4, 0.5) is 0 Å². The summed E-state index contributed by atoms with van der Waals surface area (Å²) >= 11 is 0. The molecule has 298 valence electrons. The molecule has 2 amide bonds. The van der Waals surface area contributed by atoms with Crippen molar-refractivity contribution in [2.75, 3.05) is 13.7 Å². The molecule has 0 saturated carbocycles. The number of aliphatic hydroxyl groups excluding tert-OH is 1. The summed E-state index contributed by atoms with van der Waals surface area (Å²) in [5, 5.41) is 12.1. The van der Waals surface area contributed by atoms with Gasteiger partial charge in [-0.25, -0.2) is 0 Å². The minimum atomic E-state index is -1.51. The lowest BCUT2D eigenvalue weighted by Crippen LogP contribution is -2.70. The van der Waals surface area contributed by atoms with Crippen molar-refractivity contribution in [3.8, 4) is 11.5 Å². The van der Waals surface area contributed by atoms with Gasteiger partial charge in [0.05, 0.1) is 37.6 Å². The number of fused-ring (bicyclic) bond motifs is 2. The number of carbonyl (C=O) groups excluding carboxylic acids is 3. The summed E-state index contributed by atoms with van der Waals surface area (Å²) in [7, 11) is 1.55. The van der Waals surface area contributed by atoms with Gasteiger partial charge in [0, 0.05) is 12.5 Å². The molecule has 1 unspecified atom stereocenters. The van der Waals surface area contributed by atoms with E-state index >= 15 is 0 Å². The molecule has 1 N–H and O–H groups in total. The molecular formula is C43H43NO13. The fraction of sp³-hybridized carbons (Fsp3) is 0.372. The van der Waals surface area contributed by atoms with Gasteiger partial charge in [-0.15, -0.1) is 0 Å². The fourth-order valence-corrected chi connectivity index (χ4v) is 7.71. The van der Waals surface area contributed by atoms with Crippen LogP contribution in [0.3, 0.4) is 0 Å². The zero-order chi connectivity index (χ0) is 39.6. The van der Waals surface area contributed by atoms with E-state index in [0.717, 1.165) is 10.5 Å². The molecule has 0 radical (unpaired) electrons. The van der Waals surface area contributed by atoms with E-state index in [0.29, 0.717) is 17.1 Å². The average molecular weight is 782 g/mol. The summed E-state index contributed by atoms with van der Waals surface area (Å²) in [6.45, 7) is 3.09. The van der Waals surface area contributed by atoms with Gasteiger partial charge < -0.3 is 47.7 Å². The molecule has 4 aromatic rings. The van der Waals surface area contributed by atoms with Crippen LogP contribution < -0.4 is 9.47 Å². The summed E-state index contributed by atoms with van der Waals surface area (Å²) in [4.78, 5) is 42.4. The van der Waals surface area contributed by atoms with Gasteiger partial charge in [0.15, 0.2) is 18.7 Å². The summed E-state index contributed by atoms with van der Waals surface area (Å²) < 4.78 is 56.1. The molecule has 4 aromatic carbocycles. The number of benzene rings is 4. The Morgan fingerprint density at radius 1 is 0.772 bits per heavy atom. The van der Waals surface area contributed by atoms with E-state index in [9.17, 15) is 19.5 Å². The molecule has 4 aliphatic heterocycles. The normalized spacial score (nSPS) is 30.9. The largest absolute Gasteiger partial charge is 0.497 e. The minimum Gasteiger partial charge on any atom is -0.497 e. The standard InChI is InChI=1S/C43H43NO13/c1-24-35(50-22-26-12-6-4-7-13-26)38(34(46)43(52-24)54-29-20-18-28(49-3)19-21-29)57-42-33(44-39(47)30-16-10-11-17-31(30)40(44)48)37(53-25(2)45)36-32(55-42)23-51-41(56-36)27-14-8-5-9-15-27/h4-21,24,32-38,41-43,46H,22-23H2,1-3H3/t24-,32+,33+,34+,35-,36+,37+,38-,41?,42-,43-/m0/s1. The third-order valence-electron chi connectivity index (χ3n) is 10.4. The highest BCUT2D eigenvalue weighted by Gasteiger charge is 2.60. The molecule has 14 nitrogen and oxygen atoms in total. The second kappa shape index (κ2) is 16.7. The Labute approximate surface area is 329 Å². The van der Waals surface area contributed by atoms with Crippen LogP contribution >= 0.6 is 0 Å². The topological polar surface area (TPSA) is 158 Å². The SMILES string of the molecule is COc1ccc(O[C@@H]2O[C@@H](C)[C@H](OCc3ccccc3)[C@@H](O[C@@H]3O[C@@H]4COC(c5ccccc5)O[C@H]4[C@H](OC(C)=O)[C@H]3N3C(=O)c4ccccc4C3=O)[C@H]2O)cc1. The summed E-state index contributed by atoms with van der Waals surface area (Å²) in [6.07, 6.45) is -11.3. The lowest BCUT2D eigenvalue weighted by molar-refractivity contribution is -0.373. The van der Waals surface area contributed by atoms with Crippen LogP contribution in [-0.4, -0.2) is 103 Å². The number of rotatable bonds is 11. The minimum absolute atomic E-state index is 0.0272. The first-order valence-corrected chi connectivity index (χ1v) is 18.8. The van der Waals surface area contributed by atoms with E-state index in [1.807, 2.05) is 60.7 Å². The first-order valence-electron chi connectivity index (χ1n) is 18.8. The monoisotopic (exact) mass is 781 g/mol. The van der Waals surface area contributed by atoms with Crippen molar-refractivity contribution >= 4 is 17.8 Å². The number of ether oxygens (including phenoxy) is 9. The predicted octanol–water partition coefficient (Wildman–Crippen LogP) is 4.59. The number of methoxy groups -OCH3 is 1. The molecule has 3 saturated heterocycles. The van der Waals surface area contributed by atoms with E-state index < -0.39 is 85.4 Å². The van der Waals surface area contributed by atoms with Crippen molar-refractivity contribution in [3.63, 3.8) is 0 Å². The van der Waals surface area contributed by atoms with Crippen molar-refractivity contribution in [2.45, 2.75) is 88.1 Å². The Bertz CT molecular complexity index is 2000. The van der Waals surface area contributed by atoms with E-state index in [1.165, 1.54) is 6.92 Å². The quantitative estimate of drug-likeness (QED) is 0.167. The molecule has 0 aromatic heterocycles. The summed E-state index contributed by atoms with van der Waals surface area (Å²) in [6, 6.07) is 30.4. The average Bonchev–Trinajstić information content (AvgIpc) is 3.48. The lowest BCUT2D eigenvalue weighted by atomic mass is 9.93. The number of carbonyl (C=O) groups is 3. The molecule has 14 heteroatoms. The van der Waals surface area contributed by atoms with Crippen molar-refractivity contribution in [1.82, 2.24) is 4.90 Å². The summed E-state index contributed by atoms with van der Waals surface area (Å²) in [5.74, 6) is -0.979. The smallest absolute Gasteiger partial charge is 0.303 e. The number of nitrogens with zero attached hydrogens (tertiary/aromatic N) is 1. The van der Waals surface area contributed by atoms with Gasteiger partial charge in [0.1, 0.15) is 48.1 Å². The highest BCUT2D eigenvalue weighted by molar-refractivity contribution is 6.21. The molecule has 4 aliphatic rings. The summed E-state index contributed by atoms with van der Waals surface area (Å²) in [5.41, 5.74) is 1.89. The third-order valence-corrected chi connectivity index (χ3v) is 10.4. The van der Waals surface area contributed by atoms with Crippen molar-refractivity contribution in [2.24, 2.45) is 0 Å². The van der Waals surface area contributed by atoms with Gasteiger partial charge in [-0.2, -0.15) is 0 Å². The number of hydrogen-bond acceptors (Lipinski definition) is 13. The van der Waals surface area contributed by atoms with Crippen LogP contribution in [0.15, 0.2) is 109 Å². The van der Waals surface area contributed by atoms with Gasteiger partial charge in [-0.3, -0.25) is 19.3 Å². The van der Waals surface area contributed by atoms with Crippen LogP contribution in [0.1, 0.15) is 52.0 Å². The Morgan fingerprint density at radius 2 is 1.40 bits per heavy atom.